The van der Waals surface area contributed by atoms with Crippen molar-refractivity contribution in [3.63, 3.8) is 0 Å². The van der Waals surface area contributed by atoms with Crippen LogP contribution in [0.2, 0.25) is 0 Å². The van der Waals surface area contributed by atoms with Gasteiger partial charge in [-0.05, 0) is 29.5 Å². The van der Waals surface area contributed by atoms with Crippen LogP contribution in [0.1, 0.15) is 29.2 Å². The summed E-state index contributed by atoms with van der Waals surface area (Å²) in [7, 11) is 3.24. The zero-order valence-electron chi connectivity index (χ0n) is 16.7. The number of benzene rings is 1. The first-order valence-corrected chi connectivity index (χ1v) is 9.70. The van der Waals surface area contributed by atoms with Crippen LogP contribution < -0.4 is 4.74 Å². The Kier molecular flexibility index (Phi) is 7.80. The maximum atomic E-state index is 9.83. The van der Waals surface area contributed by atoms with E-state index in [2.05, 4.69) is 35.2 Å². The van der Waals surface area contributed by atoms with Crippen LogP contribution in [-0.4, -0.2) is 55.7 Å². The fourth-order valence-electron chi connectivity index (χ4n) is 3.84. The average Bonchev–Trinajstić information content (AvgIpc) is 2.74. The number of nitrogens with zero attached hydrogens (tertiary/aromatic N) is 2. The van der Waals surface area contributed by atoms with E-state index < -0.39 is 0 Å². The van der Waals surface area contributed by atoms with Crippen LogP contribution in [0.25, 0.3) is 0 Å². The molecule has 0 aliphatic carbocycles. The highest BCUT2D eigenvalue weighted by molar-refractivity contribution is 5.27. The minimum absolute atomic E-state index is 0.190. The first kappa shape index (κ1) is 20.7. The van der Waals surface area contributed by atoms with E-state index in [9.17, 15) is 5.11 Å². The second-order valence-electron chi connectivity index (χ2n) is 7.36. The molecule has 2 atom stereocenters. The van der Waals surface area contributed by atoms with Gasteiger partial charge in [0.25, 0.3) is 0 Å². The van der Waals surface area contributed by atoms with Crippen molar-refractivity contribution in [3.05, 3.63) is 59.3 Å². The molecule has 2 aromatic rings. The first-order chi connectivity index (χ1) is 13.7. The average molecular weight is 386 g/mol. The van der Waals surface area contributed by atoms with Crippen molar-refractivity contribution in [2.24, 2.45) is 5.92 Å². The molecule has 28 heavy (non-hydrogen) atoms. The highest BCUT2D eigenvalue weighted by Crippen LogP contribution is 2.31. The molecule has 6 heteroatoms. The van der Waals surface area contributed by atoms with Gasteiger partial charge in [0.15, 0.2) is 0 Å². The highest BCUT2D eigenvalue weighted by atomic mass is 16.7. The van der Waals surface area contributed by atoms with E-state index in [1.807, 2.05) is 12.1 Å². The molecule has 6 nitrogen and oxygen atoms in total. The third kappa shape index (κ3) is 5.75. The topological polar surface area (TPSA) is 64.0 Å². The van der Waals surface area contributed by atoms with Crippen LogP contribution in [0.15, 0.2) is 42.5 Å². The summed E-state index contributed by atoms with van der Waals surface area (Å²) in [5.74, 6) is 1.07. The molecule has 1 N–H and O–H groups in total. The number of rotatable bonds is 9. The Morgan fingerprint density at radius 1 is 1.11 bits per heavy atom. The number of aliphatic hydroxyl groups is 1. The molecule has 1 aromatic carbocycles. The lowest BCUT2D eigenvalue weighted by Gasteiger charge is -2.37. The Bertz CT molecular complexity index is 726. The number of hydrogen-bond donors (Lipinski definition) is 1. The van der Waals surface area contributed by atoms with Crippen molar-refractivity contribution < 1.29 is 19.3 Å². The quantitative estimate of drug-likeness (QED) is 0.528. The van der Waals surface area contributed by atoms with Gasteiger partial charge in [-0.3, -0.25) is 4.90 Å². The van der Waals surface area contributed by atoms with Gasteiger partial charge in [0.2, 0.25) is 5.88 Å². The van der Waals surface area contributed by atoms with E-state index in [-0.39, 0.29) is 25.2 Å². The van der Waals surface area contributed by atoms with Gasteiger partial charge < -0.3 is 19.3 Å². The molecule has 2 heterocycles. The number of hydrogen-bond acceptors (Lipinski definition) is 6. The second kappa shape index (κ2) is 10.5. The molecule has 0 amide bonds. The van der Waals surface area contributed by atoms with Gasteiger partial charge in [-0.1, -0.05) is 30.3 Å². The van der Waals surface area contributed by atoms with Gasteiger partial charge in [0.1, 0.15) is 6.79 Å². The van der Waals surface area contributed by atoms with Crippen molar-refractivity contribution in [1.82, 2.24) is 9.88 Å². The van der Waals surface area contributed by atoms with Crippen LogP contribution >= 0.6 is 0 Å². The highest BCUT2D eigenvalue weighted by Gasteiger charge is 2.29. The second-order valence-corrected chi connectivity index (χ2v) is 7.36. The summed E-state index contributed by atoms with van der Waals surface area (Å²) in [4.78, 5) is 7.11. The molecule has 1 aliphatic rings. The Morgan fingerprint density at radius 3 is 2.64 bits per heavy atom. The van der Waals surface area contributed by atoms with Gasteiger partial charge in [0, 0.05) is 51.0 Å². The number of aromatic nitrogens is 1. The van der Waals surface area contributed by atoms with Crippen LogP contribution in [-0.2, 0) is 22.6 Å². The van der Waals surface area contributed by atoms with E-state index >= 15 is 0 Å². The zero-order valence-corrected chi connectivity index (χ0v) is 16.7. The molecule has 1 aromatic heterocycles. The third-order valence-electron chi connectivity index (χ3n) is 5.10. The monoisotopic (exact) mass is 386 g/mol. The molecule has 0 radical (unpaired) electrons. The zero-order chi connectivity index (χ0) is 19.8. The van der Waals surface area contributed by atoms with Gasteiger partial charge >= 0.3 is 0 Å². The summed E-state index contributed by atoms with van der Waals surface area (Å²) in [6.45, 7) is 3.57. The van der Waals surface area contributed by atoms with E-state index in [0.717, 1.165) is 37.3 Å². The molecule has 3 rings (SSSR count). The van der Waals surface area contributed by atoms with E-state index in [1.54, 1.807) is 14.2 Å². The van der Waals surface area contributed by atoms with Gasteiger partial charge in [-0.2, -0.15) is 0 Å². The number of aliphatic hydroxyl groups excluding tert-OH is 1. The minimum Gasteiger partial charge on any atom is -0.481 e. The maximum absolute atomic E-state index is 9.83. The lowest BCUT2D eigenvalue weighted by molar-refractivity contribution is -0.0391. The van der Waals surface area contributed by atoms with Crippen LogP contribution in [0.3, 0.4) is 0 Å². The number of piperidine rings is 1. The molecule has 0 spiro atoms. The van der Waals surface area contributed by atoms with E-state index in [4.69, 9.17) is 19.2 Å². The Balaban J connectivity index is 1.76. The maximum Gasteiger partial charge on any atom is 0.213 e. The molecular formula is C22H30N2O4. The van der Waals surface area contributed by atoms with Gasteiger partial charge in [0.05, 0.1) is 13.7 Å². The smallest absolute Gasteiger partial charge is 0.213 e. The van der Waals surface area contributed by atoms with Crippen molar-refractivity contribution in [3.8, 4) is 5.88 Å². The summed E-state index contributed by atoms with van der Waals surface area (Å²) in [5.41, 5.74) is 3.29. The molecule has 1 aliphatic heterocycles. The summed E-state index contributed by atoms with van der Waals surface area (Å²) in [6, 6.07) is 14.4. The summed E-state index contributed by atoms with van der Waals surface area (Å²) in [5, 5.41) is 9.83. The molecule has 2 unspecified atom stereocenters. The molecule has 0 bridgehead atoms. The molecular weight excluding hydrogens is 356 g/mol. The molecule has 0 saturated carbocycles. The predicted octanol–water partition coefficient (Wildman–Crippen LogP) is 2.81. The van der Waals surface area contributed by atoms with Crippen LogP contribution in [0.5, 0.6) is 5.88 Å². The normalized spacial score (nSPS) is 20.2. The fraction of sp³-hybridized carbons (Fsp3) is 0.500. The standard InChI is InChI=1S/C22H30N2O4/c1-26-16-28-15-18-9-21(23-22(10-18)27-2)20-8-19(14-25)12-24(13-20)11-17-6-4-3-5-7-17/h3-7,9-10,19-20,25H,8,11-16H2,1-2H3. The van der Waals surface area contributed by atoms with Crippen LogP contribution in [0.4, 0.5) is 0 Å². The van der Waals surface area contributed by atoms with Crippen molar-refractivity contribution in [1.29, 1.82) is 0 Å². The predicted molar refractivity (Wildman–Crippen MR) is 107 cm³/mol. The summed E-state index contributed by atoms with van der Waals surface area (Å²) >= 11 is 0. The van der Waals surface area contributed by atoms with Gasteiger partial charge in [-0.15, -0.1) is 0 Å². The minimum atomic E-state index is 0.190. The lowest BCUT2D eigenvalue weighted by Crippen LogP contribution is -2.40. The lowest BCUT2D eigenvalue weighted by atomic mass is 9.86. The van der Waals surface area contributed by atoms with Crippen molar-refractivity contribution in [2.75, 3.05) is 40.7 Å². The molecule has 152 valence electrons. The molecule has 1 saturated heterocycles. The van der Waals surface area contributed by atoms with Gasteiger partial charge in [-0.25, -0.2) is 4.98 Å². The van der Waals surface area contributed by atoms with Crippen molar-refractivity contribution >= 4 is 0 Å². The first-order valence-electron chi connectivity index (χ1n) is 9.70. The van der Waals surface area contributed by atoms with Crippen LogP contribution in [0, 0.1) is 5.92 Å². The Hall–Kier alpha value is -1.99. The fourth-order valence-corrected chi connectivity index (χ4v) is 3.84. The number of likely N-dealkylation sites (tertiary alicyclic amines) is 1. The number of pyridine rings is 1. The Labute approximate surface area is 167 Å². The van der Waals surface area contributed by atoms with Crippen molar-refractivity contribution in [2.45, 2.75) is 25.5 Å². The number of methoxy groups -OCH3 is 2. The van der Waals surface area contributed by atoms with E-state index in [1.165, 1.54) is 5.56 Å². The Morgan fingerprint density at radius 2 is 1.93 bits per heavy atom. The van der Waals surface area contributed by atoms with E-state index in [0.29, 0.717) is 12.5 Å². The third-order valence-corrected chi connectivity index (χ3v) is 5.10. The largest absolute Gasteiger partial charge is 0.481 e. The molecule has 1 fully saturated rings. The summed E-state index contributed by atoms with van der Waals surface area (Å²) < 4.78 is 15.9. The summed E-state index contributed by atoms with van der Waals surface area (Å²) in [6.07, 6.45) is 0.917. The SMILES string of the molecule is COCOCc1cc(OC)nc(C2CC(CO)CN(Cc3ccccc3)C2)c1. The number of ether oxygens (including phenoxy) is 3.